The number of hydrogen-bond acceptors (Lipinski definition) is 4. The van der Waals surface area contributed by atoms with Crippen molar-refractivity contribution in [1.82, 2.24) is 10.1 Å². The lowest BCUT2D eigenvalue weighted by atomic mass is 9.92. The molecule has 0 saturated heterocycles. The van der Waals surface area contributed by atoms with Gasteiger partial charge in [-0.25, -0.2) is 0 Å². The summed E-state index contributed by atoms with van der Waals surface area (Å²) in [5.74, 6) is 0.752. The number of nitrogen functional groups attached to an aromatic ring is 1. The van der Waals surface area contributed by atoms with Crippen molar-refractivity contribution in [1.29, 1.82) is 0 Å². The van der Waals surface area contributed by atoms with Crippen molar-refractivity contribution in [3.05, 3.63) is 30.1 Å². The monoisotopic (exact) mass is 259 g/mol. The molecule has 0 radical (unpaired) electrons. The first-order chi connectivity index (χ1) is 9.27. The zero-order chi connectivity index (χ0) is 13.7. The minimum Gasteiger partial charge on any atom is -0.367 e. The van der Waals surface area contributed by atoms with E-state index in [4.69, 9.17) is 10.3 Å². The summed E-state index contributed by atoms with van der Waals surface area (Å²) in [5, 5.41) is 4.18. The molecular weight excluding hydrogens is 238 g/mol. The molecule has 4 nitrogen and oxygen atoms in total. The molecule has 2 N–H and O–H groups in total. The molecule has 0 aliphatic rings. The second-order valence-corrected chi connectivity index (χ2v) is 4.77. The first-order valence-corrected chi connectivity index (χ1v) is 6.94. The van der Waals surface area contributed by atoms with Gasteiger partial charge in [0, 0.05) is 12.1 Å². The molecule has 0 spiro atoms. The molecule has 0 aliphatic heterocycles. The SMILES string of the molecule is CCCCC(CC)c1noc(N)c1-c1ccccn1. The van der Waals surface area contributed by atoms with Crippen LogP contribution in [-0.4, -0.2) is 10.1 Å². The second kappa shape index (κ2) is 6.36. The number of unbranched alkanes of at least 4 members (excludes halogenated alkanes) is 1. The van der Waals surface area contributed by atoms with E-state index in [-0.39, 0.29) is 0 Å². The Hall–Kier alpha value is -1.84. The number of nitrogens with zero attached hydrogens (tertiary/aromatic N) is 2. The quantitative estimate of drug-likeness (QED) is 0.851. The normalized spacial score (nSPS) is 12.5. The van der Waals surface area contributed by atoms with Crippen molar-refractivity contribution in [2.45, 2.75) is 45.4 Å². The molecule has 0 saturated carbocycles. The van der Waals surface area contributed by atoms with Crippen molar-refractivity contribution in [2.24, 2.45) is 0 Å². The maximum absolute atomic E-state index is 5.93. The Labute approximate surface area is 114 Å². The van der Waals surface area contributed by atoms with E-state index in [0.29, 0.717) is 11.8 Å². The van der Waals surface area contributed by atoms with Crippen LogP contribution in [0.2, 0.25) is 0 Å². The summed E-state index contributed by atoms with van der Waals surface area (Å²) >= 11 is 0. The van der Waals surface area contributed by atoms with E-state index in [2.05, 4.69) is 24.0 Å². The van der Waals surface area contributed by atoms with E-state index < -0.39 is 0 Å². The molecule has 0 aliphatic carbocycles. The molecule has 0 amide bonds. The van der Waals surface area contributed by atoms with E-state index >= 15 is 0 Å². The van der Waals surface area contributed by atoms with Crippen LogP contribution in [-0.2, 0) is 0 Å². The summed E-state index contributed by atoms with van der Waals surface area (Å²) in [7, 11) is 0. The Balaban J connectivity index is 2.36. The predicted octanol–water partition coefficient (Wildman–Crippen LogP) is 4.00. The first kappa shape index (κ1) is 13.6. The molecule has 1 atom stereocenters. The first-order valence-electron chi connectivity index (χ1n) is 6.94. The van der Waals surface area contributed by atoms with Crippen LogP contribution in [0.15, 0.2) is 28.9 Å². The lowest BCUT2D eigenvalue weighted by molar-refractivity contribution is 0.412. The average Bonchev–Trinajstić information content (AvgIpc) is 2.83. The summed E-state index contributed by atoms with van der Waals surface area (Å²) in [6.07, 6.45) is 6.28. The molecule has 0 aromatic carbocycles. The molecule has 2 aromatic heterocycles. The largest absolute Gasteiger partial charge is 0.367 e. The molecule has 19 heavy (non-hydrogen) atoms. The van der Waals surface area contributed by atoms with Crippen LogP contribution in [0.5, 0.6) is 0 Å². The van der Waals surface area contributed by atoms with Gasteiger partial charge in [-0.15, -0.1) is 0 Å². The summed E-state index contributed by atoms with van der Waals surface area (Å²) < 4.78 is 5.20. The van der Waals surface area contributed by atoms with E-state index in [9.17, 15) is 0 Å². The van der Waals surface area contributed by atoms with E-state index in [1.165, 1.54) is 12.8 Å². The number of rotatable bonds is 6. The van der Waals surface area contributed by atoms with Crippen molar-refractivity contribution in [3.8, 4) is 11.3 Å². The van der Waals surface area contributed by atoms with Crippen molar-refractivity contribution >= 4 is 5.88 Å². The minimum absolute atomic E-state index is 0.364. The number of hydrogen-bond donors (Lipinski definition) is 1. The summed E-state index contributed by atoms with van der Waals surface area (Å²) in [6.45, 7) is 4.37. The third kappa shape index (κ3) is 2.95. The highest BCUT2D eigenvalue weighted by molar-refractivity contribution is 5.72. The van der Waals surface area contributed by atoms with E-state index in [1.54, 1.807) is 6.20 Å². The third-order valence-electron chi connectivity index (χ3n) is 3.45. The maximum atomic E-state index is 5.93. The van der Waals surface area contributed by atoms with Crippen LogP contribution in [0.4, 0.5) is 5.88 Å². The molecule has 2 aromatic rings. The van der Waals surface area contributed by atoms with Crippen LogP contribution in [0.3, 0.4) is 0 Å². The molecular formula is C15H21N3O. The Kier molecular flexibility index (Phi) is 4.55. The summed E-state index contributed by atoms with van der Waals surface area (Å²) in [6, 6.07) is 5.78. The van der Waals surface area contributed by atoms with Crippen LogP contribution in [0.25, 0.3) is 11.3 Å². The Morgan fingerprint density at radius 2 is 2.16 bits per heavy atom. The standard InChI is InChI=1S/C15H21N3O/c1-3-5-8-11(4-2)14-13(15(16)19-18-14)12-9-6-7-10-17-12/h6-7,9-11H,3-5,8,16H2,1-2H3. The van der Waals surface area contributed by atoms with Gasteiger partial charge in [0.2, 0.25) is 5.88 Å². The zero-order valence-corrected chi connectivity index (χ0v) is 11.6. The maximum Gasteiger partial charge on any atom is 0.231 e. The van der Waals surface area contributed by atoms with Gasteiger partial charge < -0.3 is 10.3 Å². The fourth-order valence-electron chi connectivity index (χ4n) is 2.35. The average molecular weight is 259 g/mol. The Bertz CT molecular complexity index is 507. The van der Waals surface area contributed by atoms with Gasteiger partial charge in [-0.3, -0.25) is 4.98 Å². The zero-order valence-electron chi connectivity index (χ0n) is 11.6. The fraction of sp³-hybridized carbons (Fsp3) is 0.467. The summed E-state index contributed by atoms with van der Waals surface area (Å²) in [4.78, 5) is 4.36. The van der Waals surface area contributed by atoms with Crippen molar-refractivity contribution in [3.63, 3.8) is 0 Å². The Morgan fingerprint density at radius 3 is 2.79 bits per heavy atom. The molecule has 4 heteroatoms. The molecule has 0 bridgehead atoms. The van der Waals surface area contributed by atoms with Gasteiger partial charge in [0.05, 0.1) is 17.0 Å². The highest BCUT2D eigenvalue weighted by Crippen LogP contribution is 2.36. The highest BCUT2D eigenvalue weighted by Gasteiger charge is 2.22. The predicted molar refractivity (Wildman–Crippen MR) is 76.7 cm³/mol. The van der Waals surface area contributed by atoms with Crippen LogP contribution in [0, 0.1) is 0 Å². The number of anilines is 1. The molecule has 1 unspecified atom stereocenters. The van der Waals surface area contributed by atoms with Gasteiger partial charge in [0.15, 0.2) is 0 Å². The van der Waals surface area contributed by atoms with Gasteiger partial charge in [-0.1, -0.05) is 37.9 Å². The van der Waals surface area contributed by atoms with Gasteiger partial charge in [0.25, 0.3) is 0 Å². The lowest BCUT2D eigenvalue weighted by Crippen LogP contribution is -2.01. The molecule has 2 heterocycles. The lowest BCUT2D eigenvalue weighted by Gasteiger charge is -2.12. The Morgan fingerprint density at radius 1 is 1.32 bits per heavy atom. The van der Waals surface area contributed by atoms with Gasteiger partial charge >= 0.3 is 0 Å². The summed E-state index contributed by atoms with van der Waals surface area (Å²) in [5.41, 5.74) is 8.58. The molecule has 0 fully saturated rings. The molecule has 102 valence electrons. The van der Waals surface area contributed by atoms with E-state index in [1.807, 2.05) is 18.2 Å². The molecule has 2 rings (SSSR count). The van der Waals surface area contributed by atoms with Gasteiger partial charge in [-0.2, -0.15) is 0 Å². The second-order valence-electron chi connectivity index (χ2n) is 4.77. The number of nitrogens with two attached hydrogens (primary N) is 1. The van der Waals surface area contributed by atoms with Gasteiger partial charge in [-0.05, 0) is 25.0 Å². The number of aromatic nitrogens is 2. The van der Waals surface area contributed by atoms with Crippen LogP contribution in [0.1, 0.15) is 51.1 Å². The van der Waals surface area contributed by atoms with E-state index in [0.717, 1.165) is 29.8 Å². The van der Waals surface area contributed by atoms with Crippen molar-refractivity contribution < 1.29 is 4.52 Å². The smallest absolute Gasteiger partial charge is 0.231 e. The fourth-order valence-corrected chi connectivity index (χ4v) is 2.35. The van der Waals surface area contributed by atoms with Crippen molar-refractivity contribution in [2.75, 3.05) is 5.73 Å². The number of pyridine rings is 1. The third-order valence-corrected chi connectivity index (χ3v) is 3.45. The highest BCUT2D eigenvalue weighted by atomic mass is 16.5. The van der Waals surface area contributed by atoms with Crippen LogP contribution < -0.4 is 5.73 Å². The van der Waals surface area contributed by atoms with Crippen LogP contribution >= 0.6 is 0 Å². The topological polar surface area (TPSA) is 64.9 Å². The minimum atomic E-state index is 0.364. The van der Waals surface area contributed by atoms with Gasteiger partial charge in [0.1, 0.15) is 0 Å².